The molecule has 8 nitrogen and oxygen atoms in total. The minimum Gasteiger partial charge on any atom is -0.464 e. The van der Waals surface area contributed by atoms with Crippen molar-refractivity contribution in [3.05, 3.63) is 27.1 Å². The summed E-state index contributed by atoms with van der Waals surface area (Å²) in [5, 5.41) is 13.6. The van der Waals surface area contributed by atoms with Crippen molar-refractivity contribution in [2.24, 2.45) is 0 Å². The van der Waals surface area contributed by atoms with E-state index in [0.717, 1.165) is 11.3 Å². The largest absolute Gasteiger partial charge is 0.464 e. The van der Waals surface area contributed by atoms with Crippen LogP contribution in [-0.4, -0.2) is 54.0 Å². The summed E-state index contributed by atoms with van der Waals surface area (Å²) in [6.45, 7) is 3.17. The number of thiophene rings is 1. The number of carbonyl (C=O) groups excluding carboxylic acids is 2. The summed E-state index contributed by atoms with van der Waals surface area (Å²) in [4.78, 5) is 36.1. The van der Waals surface area contributed by atoms with Gasteiger partial charge in [0.05, 0.1) is 16.4 Å². The van der Waals surface area contributed by atoms with Crippen molar-refractivity contribution in [2.75, 3.05) is 26.2 Å². The number of amides is 1. The number of esters is 1. The van der Waals surface area contributed by atoms with E-state index in [2.05, 4.69) is 5.32 Å². The molecule has 9 heteroatoms. The molecule has 1 aromatic rings. The molecule has 21 heavy (non-hydrogen) atoms. The smallest absolute Gasteiger partial charge is 0.330 e. The number of nitro groups is 1. The maximum Gasteiger partial charge on any atom is 0.330 e. The van der Waals surface area contributed by atoms with E-state index in [1.165, 1.54) is 17.0 Å². The maximum atomic E-state index is 12.4. The van der Waals surface area contributed by atoms with E-state index < -0.39 is 16.9 Å². The Kier molecular flexibility index (Phi) is 4.86. The number of piperazine rings is 1. The van der Waals surface area contributed by atoms with Crippen LogP contribution in [0.2, 0.25) is 0 Å². The predicted molar refractivity (Wildman–Crippen MR) is 75.3 cm³/mol. The summed E-state index contributed by atoms with van der Waals surface area (Å²) < 4.78 is 4.96. The van der Waals surface area contributed by atoms with Crippen LogP contribution in [0.3, 0.4) is 0 Å². The number of hydrogen-bond donors (Lipinski definition) is 1. The summed E-state index contributed by atoms with van der Waals surface area (Å²) in [6.07, 6.45) is 0. The molecule has 0 spiro atoms. The highest BCUT2D eigenvalue weighted by molar-refractivity contribution is 7.17. The van der Waals surface area contributed by atoms with Crippen molar-refractivity contribution in [3.8, 4) is 0 Å². The van der Waals surface area contributed by atoms with Crippen molar-refractivity contribution >= 4 is 28.2 Å². The molecule has 0 radical (unpaired) electrons. The normalized spacial score (nSPS) is 18.3. The van der Waals surface area contributed by atoms with Gasteiger partial charge in [0.25, 0.3) is 5.91 Å². The molecule has 2 rings (SSSR count). The van der Waals surface area contributed by atoms with E-state index >= 15 is 0 Å². The zero-order valence-electron chi connectivity index (χ0n) is 11.4. The molecular formula is C12H15N3O5S. The van der Waals surface area contributed by atoms with Crippen LogP contribution in [0.4, 0.5) is 5.00 Å². The third-order valence-corrected chi connectivity index (χ3v) is 4.07. The van der Waals surface area contributed by atoms with Crippen molar-refractivity contribution in [2.45, 2.75) is 13.0 Å². The van der Waals surface area contributed by atoms with Gasteiger partial charge in [-0.2, -0.15) is 0 Å². The van der Waals surface area contributed by atoms with Crippen molar-refractivity contribution in [1.82, 2.24) is 10.2 Å². The number of rotatable bonds is 4. The summed E-state index contributed by atoms with van der Waals surface area (Å²) in [7, 11) is 0. The minimum atomic E-state index is -0.702. The lowest BCUT2D eigenvalue weighted by Gasteiger charge is -2.34. The first-order valence-corrected chi connectivity index (χ1v) is 7.28. The van der Waals surface area contributed by atoms with Crippen LogP contribution in [0.1, 0.15) is 16.6 Å². The molecule has 1 unspecified atom stereocenters. The fourth-order valence-electron chi connectivity index (χ4n) is 2.08. The Morgan fingerprint density at radius 1 is 1.57 bits per heavy atom. The van der Waals surface area contributed by atoms with Gasteiger partial charge in [0, 0.05) is 25.7 Å². The van der Waals surface area contributed by atoms with E-state index in [0.29, 0.717) is 19.6 Å². The number of nitrogens with zero attached hydrogens (tertiary/aromatic N) is 2. The van der Waals surface area contributed by atoms with Crippen LogP contribution in [0.25, 0.3) is 0 Å². The average Bonchev–Trinajstić information content (AvgIpc) is 2.97. The molecule has 114 valence electrons. The first-order chi connectivity index (χ1) is 10.0. The van der Waals surface area contributed by atoms with Gasteiger partial charge in [0.1, 0.15) is 6.04 Å². The van der Waals surface area contributed by atoms with Crippen LogP contribution in [-0.2, 0) is 9.53 Å². The van der Waals surface area contributed by atoms with Crippen molar-refractivity contribution < 1.29 is 19.2 Å². The molecule has 0 aromatic carbocycles. The van der Waals surface area contributed by atoms with Crippen LogP contribution < -0.4 is 5.32 Å². The standard InChI is InChI=1S/C12H15N3O5S/c1-2-20-12(17)8-7-13-5-6-14(8)11(16)9-3-4-10(21-9)15(18)19/h3-4,8,13H,2,5-7H2,1H3. The van der Waals surface area contributed by atoms with E-state index in [4.69, 9.17) is 4.74 Å². The van der Waals surface area contributed by atoms with Gasteiger partial charge in [-0.3, -0.25) is 14.9 Å². The molecule has 1 atom stereocenters. The van der Waals surface area contributed by atoms with Crippen molar-refractivity contribution in [3.63, 3.8) is 0 Å². The lowest BCUT2D eigenvalue weighted by Crippen LogP contribution is -2.57. The molecule has 2 heterocycles. The number of ether oxygens (including phenoxy) is 1. The number of hydrogen-bond acceptors (Lipinski definition) is 7. The lowest BCUT2D eigenvalue weighted by atomic mass is 10.2. The van der Waals surface area contributed by atoms with E-state index in [1.807, 2.05) is 0 Å². The van der Waals surface area contributed by atoms with E-state index in [1.54, 1.807) is 6.92 Å². The second-order valence-corrected chi connectivity index (χ2v) is 5.43. The molecule has 0 bridgehead atoms. The molecule has 1 fully saturated rings. The van der Waals surface area contributed by atoms with Gasteiger partial charge in [0.15, 0.2) is 0 Å². The minimum absolute atomic E-state index is 0.0961. The highest BCUT2D eigenvalue weighted by atomic mass is 32.1. The van der Waals surface area contributed by atoms with Gasteiger partial charge in [-0.15, -0.1) is 0 Å². The average molecular weight is 313 g/mol. The predicted octanol–water partition coefficient (Wildman–Crippen LogP) is 0.633. The zero-order valence-corrected chi connectivity index (χ0v) is 12.2. The Labute approximate surface area is 124 Å². The summed E-state index contributed by atoms with van der Waals surface area (Å²) in [5.74, 6) is -0.850. The molecule has 1 aromatic heterocycles. The van der Waals surface area contributed by atoms with Crippen molar-refractivity contribution in [1.29, 1.82) is 0 Å². The van der Waals surface area contributed by atoms with Gasteiger partial charge in [-0.1, -0.05) is 11.3 Å². The summed E-state index contributed by atoms with van der Waals surface area (Å²) in [6, 6.07) is 2.00. The van der Waals surface area contributed by atoms with Gasteiger partial charge in [-0.05, 0) is 13.0 Å². The molecule has 1 amide bonds. The topological polar surface area (TPSA) is 102 Å². The fraction of sp³-hybridized carbons (Fsp3) is 0.500. The second kappa shape index (κ2) is 6.64. The van der Waals surface area contributed by atoms with Crippen LogP contribution in [0, 0.1) is 10.1 Å². The highest BCUT2D eigenvalue weighted by Crippen LogP contribution is 2.26. The molecule has 0 aliphatic carbocycles. The van der Waals surface area contributed by atoms with Gasteiger partial charge in [-0.25, -0.2) is 4.79 Å². The summed E-state index contributed by atoms with van der Waals surface area (Å²) in [5.41, 5.74) is 0. The Hall–Kier alpha value is -2.00. The first-order valence-electron chi connectivity index (χ1n) is 6.47. The third-order valence-electron chi connectivity index (χ3n) is 3.05. The monoisotopic (exact) mass is 313 g/mol. The highest BCUT2D eigenvalue weighted by Gasteiger charge is 2.34. The maximum absolute atomic E-state index is 12.4. The quantitative estimate of drug-likeness (QED) is 0.497. The summed E-state index contributed by atoms with van der Waals surface area (Å²) >= 11 is 0.807. The van der Waals surface area contributed by atoms with Gasteiger partial charge >= 0.3 is 11.0 Å². The Morgan fingerprint density at radius 2 is 2.33 bits per heavy atom. The Balaban J connectivity index is 2.17. The van der Waals surface area contributed by atoms with Crippen LogP contribution in [0.15, 0.2) is 12.1 Å². The molecule has 1 N–H and O–H groups in total. The molecular weight excluding hydrogens is 298 g/mol. The number of nitrogens with one attached hydrogen (secondary N) is 1. The second-order valence-electron chi connectivity index (χ2n) is 4.37. The fourth-order valence-corrected chi connectivity index (χ4v) is 2.86. The first kappa shape index (κ1) is 15.4. The third kappa shape index (κ3) is 3.37. The SMILES string of the molecule is CCOC(=O)C1CNCCN1C(=O)c1ccc([N+](=O)[O-])s1. The molecule has 1 aliphatic heterocycles. The van der Waals surface area contributed by atoms with Gasteiger partial charge in [0.2, 0.25) is 0 Å². The van der Waals surface area contributed by atoms with Crippen LogP contribution >= 0.6 is 11.3 Å². The zero-order chi connectivity index (χ0) is 15.4. The Bertz CT molecular complexity index is 559. The van der Waals surface area contributed by atoms with Gasteiger partial charge < -0.3 is 15.0 Å². The van der Waals surface area contributed by atoms with Crippen LogP contribution in [0.5, 0.6) is 0 Å². The van der Waals surface area contributed by atoms with E-state index in [9.17, 15) is 19.7 Å². The molecule has 1 saturated heterocycles. The molecule has 1 aliphatic rings. The number of carbonyl (C=O) groups is 2. The van der Waals surface area contributed by atoms with E-state index in [-0.39, 0.29) is 22.4 Å². The Morgan fingerprint density at radius 3 is 2.95 bits per heavy atom. The lowest BCUT2D eigenvalue weighted by molar-refractivity contribution is -0.380. The molecule has 0 saturated carbocycles.